The van der Waals surface area contributed by atoms with Crippen molar-refractivity contribution in [1.29, 1.82) is 4.78 Å². The third-order valence-corrected chi connectivity index (χ3v) is 2.59. The van der Waals surface area contributed by atoms with E-state index in [1.165, 1.54) is 0 Å². The molecule has 0 saturated carbocycles. The number of hydrogen-bond donors (Lipinski definition) is 3. The van der Waals surface area contributed by atoms with Crippen LogP contribution in [0, 0.1) is 4.78 Å². The number of nitrogens with one attached hydrogen (secondary N) is 2. The van der Waals surface area contributed by atoms with Crippen molar-refractivity contribution >= 4 is 9.92 Å². The quantitative estimate of drug-likeness (QED) is 0.553. The number of hydrogen-bond acceptors (Lipinski definition) is 4. The summed E-state index contributed by atoms with van der Waals surface area (Å²) in [6.45, 7) is 2.33. The van der Waals surface area contributed by atoms with Crippen LogP contribution < -0.4 is 10.5 Å². The molecule has 72 valence electrons. The van der Waals surface area contributed by atoms with E-state index in [2.05, 4.69) is 5.32 Å². The zero-order valence-corrected chi connectivity index (χ0v) is 7.73. The normalized spacial score (nSPS) is 29.6. The first-order valence-electron chi connectivity index (χ1n) is 3.94. The summed E-state index contributed by atoms with van der Waals surface area (Å²) in [5, 5.41) is 8.22. The molecule has 1 heterocycles. The number of ether oxygens (including phenoxy) is 1. The van der Waals surface area contributed by atoms with Crippen molar-refractivity contribution in [1.82, 2.24) is 5.32 Å². The standard InChI is InChI=1S/C6H15N3O2S/c7-12(8,10)4-1-6-5-9-2-3-11-6/h6,9H,1-5H2,(H3,7,8,10)/t6-/m0/s1. The molecule has 5 nitrogen and oxygen atoms in total. The Kier molecular flexibility index (Phi) is 3.45. The van der Waals surface area contributed by atoms with Gasteiger partial charge in [-0.15, -0.1) is 0 Å². The second-order valence-electron chi connectivity index (χ2n) is 2.92. The van der Waals surface area contributed by atoms with Crippen molar-refractivity contribution in [2.75, 3.05) is 25.4 Å². The molecule has 0 aromatic heterocycles. The van der Waals surface area contributed by atoms with Gasteiger partial charge >= 0.3 is 0 Å². The van der Waals surface area contributed by atoms with Crippen LogP contribution in [0.3, 0.4) is 0 Å². The highest BCUT2D eigenvalue weighted by Crippen LogP contribution is 2.02. The van der Waals surface area contributed by atoms with Crippen molar-refractivity contribution < 1.29 is 8.95 Å². The van der Waals surface area contributed by atoms with Crippen LogP contribution in [0.15, 0.2) is 0 Å². The Bertz CT molecular complexity index is 221. The molecular weight excluding hydrogens is 178 g/mol. The third kappa shape index (κ3) is 4.01. The Balaban J connectivity index is 2.22. The maximum Gasteiger partial charge on any atom is 0.102 e. The van der Waals surface area contributed by atoms with E-state index in [-0.39, 0.29) is 11.9 Å². The van der Waals surface area contributed by atoms with Crippen molar-refractivity contribution in [3.8, 4) is 0 Å². The van der Waals surface area contributed by atoms with Crippen molar-refractivity contribution in [3.05, 3.63) is 0 Å². The predicted octanol–water partition coefficient (Wildman–Crippen LogP) is -0.715. The summed E-state index contributed by atoms with van der Waals surface area (Å²) in [7, 11) is -2.83. The third-order valence-electron chi connectivity index (χ3n) is 1.75. The second kappa shape index (κ2) is 4.18. The lowest BCUT2D eigenvalue weighted by Crippen LogP contribution is -2.39. The average Bonchev–Trinajstić information content (AvgIpc) is 2.02. The molecular formula is C6H15N3O2S. The second-order valence-corrected chi connectivity index (χ2v) is 4.78. The zero-order chi connectivity index (χ0) is 9.03. The Labute approximate surface area is 72.8 Å². The van der Waals surface area contributed by atoms with Crippen LogP contribution in [0.5, 0.6) is 0 Å². The maximum atomic E-state index is 10.8. The number of nitrogens with two attached hydrogens (primary N) is 1. The van der Waals surface area contributed by atoms with Gasteiger partial charge in [0.1, 0.15) is 9.92 Å². The molecule has 1 fully saturated rings. The topological polar surface area (TPSA) is 88.2 Å². The Morgan fingerprint density at radius 3 is 3.00 bits per heavy atom. The van der Waals surface area contributed by atoms with E-state index in [0.29, 0.717) is 13.0 Å². The van der Waals surface area contributed by atoms with E-state index in [9.17, 15) is 4.21 Å². The molecule has 0 amide bonds. The smallest absolute Gasteiger partial charge is 0.102 e. The summed E-state index contributed by atoms with van der Waals surface area (Å²) in [5.41, 5.74) is 0. The highest BCUT2D eigenvalue weighted by molar-refractivity contribution is 7.90. The van der Waals surface area contributed by atoms with Crippen LogP contribution in [-0.2, 0) is 14.7 Å². The molecule has 0 radical (unpaired) electrons. The molecule has 2 atom stereocenters. The van der Waals surface area contributed by atoms with E-state index >= 15 is 0 Å². The van der Waals surface area contributed by atoms with Gasteiger partial charge in [0, 0.05) is 18.8 Å². The highest BCUT2D eigenvalue weighted by atomic mass is 32.2. The molecule has 0 aromatic carbocycles. The molecule has 0 aliphatic carbocycles. The Hall–Kier alpha value is -0.170. The lowest BCUT2D eigenvalue weighted by molar-refractivity contribution is 0.0272. The molecule has 1 rings (SSSR count). The first kappa shape index (κ1) is 9.91. The van der Waals surface area contributed by atoms with E-state index < -0.39 is 9.92 Å². The van der Waals surface area contributed by atoms with E-state index in [4.69, 9.17) is 14.7 Å². The molecule has 4 N–H and O–H groups in total. The van der Waals surface area contributed by atoms with E-state index in [1.807, 2.05) is 0 Å². The molecule has 0 aromatic rings. The van der Waals surface area contributed by atoms with Crippen LogP contribution >= 0.6 is 0 Å². The maximum absolute atomic E-state index is 10.8. The Morgan fingerprint density at radius 2 is 2.50 bits per heavy atom. The van der Waals surface area contributed by atoms with Gasteiger partial charge in [0.25, 0.3) is 0 Å². The van der Waals surface area contributed by atoms with Crippen LogP contribution in [0.25, 0.3) is 0 Å². The van der Waals surface area contributed by atoms with Gasteiger partial charge in [0.2, 0.25) is 0 Å². The van der Waals surface area contributed by atoms with Crippen LogP contribution in [-0.4, -0.2) is 35.8 Å². The Morgan fingerprint density at radius 1 is 1.75 bits per heavy atom. The minimum Gasteiger partial charge on any atom is -0.376 e. The zero-order valence-electron chi connectivity index (χ0n) is 6.91. The molecule has 6 heteroatoms. The van der Waals surface area contributed by atoms with Gasteiger partial charge < -0.3 is 10.1 Å². The van der Waals surface area contributed by atoms with Gasteiger partial charge in [-0.25, -0.2) is 14.1 Å². The fraction of sp³-hybridized carbons (Fsp3) is 1.00. The summed E-state index contributed by atoms with van der Waals surface area (Å²) in [6.07, 6.45) is 0.680. The number of morpholine rings is 1. The largest absolute Gasteiger partial charge is 0.376 e. The monoisotopic (exact) mass is 193 g/mol. The van der Waals surface area contributed by atoms with Crippen molar-refractivity contribution in [2.24, 2.45) is 5.14 Å². The summed E-state index contributed by atoms with van der Waals surface area (Å²) >= 11 is 0. The number of rotatable bonds is 3. The first-order valence-corrected chi connectivity index (χ1v) is 5.73. The molecule has 1 aliphatic heterocycles. The summed E-state index contributed by atoms with van der Waals surface area (Å²) in [5.74, 6) is 0.222. The van der Waals surface area contributed by atoms with Gasteiger partial charge in [-0.05, 0) is 6.42 Å². The SMILES string of the molecule is N=S(N)(=O)CC[C@H]1CNCCO1. The summed E-state index contributed by atoms with van der Waals surface area (Å²) in [4.78, 5) is 0. The molecule has 0 spiro atoms. The molecule has 0 bridgehead atoms. The lowest BCUT2D eigenvalue weighted by atomic mass is 10.2. The predicted molar refractivity (Wildman–Crippen MR) is 47.1 cm³/mol. The van der Waals surface area contributed by atoms with Crippen LogP contribution in [0.2, 0.25) is 0 Å². The summed E-state index contributed by atoms with van der Waals surface area (Å²) in [6, 6.07) is 0. The van der Waals surface area contributed by atoms with Gasteiger partial charge in [0.05, 0.1) is 12.7 Å². The minimum absolute atomic E-state index is 0.0773. The molecule has 12 heavy (non-hydrogen) atoms. The molecule has 1 aliphatic rings. The average molecular weight is 193 g/mol. The van der Waals surface area contributed by atoms with E-state index in [0.717, 1.165) is 13.1 Å². The van der Waals surface area contributed by atoms with Gasteiger partial charge in [-0.2, -0.15) is 0 Å². The van der Waals surface area contributed by atoms with E-state index in [1.54, 1.807) is 0 Å². The van der Waals surface area contributed by atoms with Crippen LogP contribution in [0.4, 0.5) is 0 Å². The summed E-state index contributed by atoms with van der Waals surface area (Å²) < 4.78 is 23.1. The van der Waals surface area contributed by atoms with Gasteiger partial charge in [0.15, 0.2) is 0 Å². The first-order chi connectivity index (χ1) is 5.58. The minimum atomic E-state index is -2.83. The molecule has 1 unspecified atom stereocenters. The van der Waals surface area contributed by atoms with Gasteiger partial charge in [-0.1, -0.05) is 0 Å². The molecule has 1 saturated heterocycles. The van der Waals surface area contributed by atoms with Crippen LogP contribution in [0.1, 0.15) is 6.42 Å². The van der Waals surface area contributed by atoms with Gasteiger partial charge in [-0.3, -0.25) is 0 Å². The fourth-order valence-electron chi connectivity index (χ4n) is 1.11. The lowest BCUT2D eigenvalue weighted by Gasteiger charge is -2.23. The fourth-order valence-corrected chi connectivity index (χ4v) is 1.72. The van der Waals surface area contributed by atoms with Crippen molar-refractivity contribution in [3.63, 3.8) is 0 Å². The highest BCUT2D eigenvalue weighted by Gasteiger charge is 2.14. The van der Waals surface area contributed by atoms with Crippen molar-refractivity contribution in [2.45, 2.75) is 12.5 Å².